The van der Waals surface area contributed by atoms with E-state index in [9.17, 15) is 4.39 Å². The van der Waals surface area contributed by atoms with Gasteiger partial charge in [-0.05, 0) is 25.1 Å². The fourth-order valence-electron chi connectivity index (χ4n) is 1.50. The van der Waals surface area contributed by atoms with Gasteiger partial charge in [0.15, 0.2) is 0 Å². The maximum atomic E-state index is 13.2. The van der Waals surface area contributed by atoms with Gasteiger partial charge >= 0.3 is 6.08 Å². The monoisotopic (exact) mass is 328 g/mol. The van der Waals surface area contributed by atoms with Crippen molar-refractivity contribution in [2.24, 2.45) is 0 Å². The Labute approximate surface area is 119 Å². The van der Waals surface area contributed by atoms with Crippen molar-refractivity contribution < 1.29 is 13.5 Å². The second-order valence-corrected chi connectivity index (χ2v) is 4.90. The molecule has 0 aliphatic rings. The van der Waals surface area contributed by atoms with Gasteiger partial charge in [-0.15, -0.1) is 0 Å². The minimum Gasteiger partial charge on any atom is -0.417 e. The second-order valence-electron chi connectivity index (χ2n) is 3.99. The highest BCUT2D eigenvalue weighted by Crippen LogP contribution is 2.25. The van der Waals surface area contributed by atoms with Crippen LogP contribution in [0.25, 0.3) is 0 Å². The Kier molecular flexibility index (Phi) is 4.93. The standard InChI is InChI=1S/C13H14BrFN2O2/c1-2-3-16-7-11-8-18-13(17-11)19-12-5-9(14)4-10(15)6-12/h4-6,8,16H,2-3,7H2,1H3. The van der Waals surface area contributed by atoms with E-state index in [1.54, 1.807) is 6.07 Å². The third-order valence-corrected chi connectivity index (χ3v) is 2.76. The molecule has 102 valence electrons. The first-order valence-electron chi connectivity index (χ1n) is 5.96. The second kappa shape index (κ2) is 6.68. The summed E-state index contributed by atoms with van der Waals surface area (Å²) in [5, 5.41) is 3.20. The number of ether oxygens (including phenoxy) is 1. The summed E-state index contributed by atoms with van der Waals surface area (Å²) in [6.45, 7) is 3.62. The Morgan fingerprint density at radius 2 is 2.26 bits per heavy atom. The third kappa shape index (κ3) is 4.33. The van der Waals surface area contributed by atoms with E-state index in [1.165, 1.54) is 18.4 Å². The number of nitrogens with zero attached hydrogens (tertiary/aromatic N) is 1. The summed E-state index contributed by atoms with van der Waals surface area (Å²) in [6.07, 6.45) is 2.68. The van der Waals surface area contributed by atoms with Crippen molar-refractivity contribution in [1.29, 1.82) is 0 Å². The summed E-state index contributed by atoms with van der Waals surface area (Å²) < 4.78 is 24.3. The van der Waals surface area contributed by atoms with Crippen LogP contribution < -0.4 is 10.1 Å². The van der Waals surface area contributed by atoms with Gasteiger partial charge in [-0.25, -0.2) is 4.39 Å². The fourth-order valence-corrected chi connectivity index (χ4v) is 1.94. The molecule has 0 amide bonds. The molecule has 0 saturated carbocycles. The van der Waals surface area contributed by atoms with Crippen molar-refractivity contribution in [1.82, 2.24) is 10.3 Å². The number of benzene rings is 1. The molecule has 1 heterocycles. The first-order chi connectivity index (χ1) is 9.17. The molecule has 0 unspecified atom stereocenters. The number of oxazole rings is 1. The zero-order valence-corrected chi connectivity index (χ0v) is 12.0. The average Bonchev–Trinajstić information content (AvgIpc) is 2.76. The van der Waals surface area contributed by atoms with Gasteiger partial charge < -0.3 is 14.5 Å². The van der Waals surface area contributed by atoms with Gasteiger partial charge in [-0.3, -0.25) is 0 Å². The van der Waals surface area contributed by atoms with Crippen molar-refractivity contribution in [3.05, 3.63) is 40.4 Å². The largest absolute Gasteiger partial charge is 0.417 e. The van der Waals surface area contributed by atoms with E-state index in [0.29, 0.717) is 16.8 Å². The molecule has 1 aromatic heterocycles. The Bertz CT molecular complexity index is 525. The van der Waals surface area contributed by atoms with E-state index in [1.807, 2.05) is 0 Å². The number of hydrogen-bond acceptors (Lipinski definition) is 4. The zero-order chi connectivity index (χ0) is 13.7. The fraction of sp³-hybridized carbons (Fsp3) is 0.308. The predicted octanol–water partition coefficient (Wildman–Crippen LogP) is 3.87. The van der Waals surface area contributed by atoms with Crippen LogP contribution in [0.2, 0.25) is 0 Å². The van der Waals surface area contributed by atoms with E-state index in [4.69, 9.17) is 9.15 Å². The van der Waals surface area contributed by atoms with Crippen LogP contribution in [0.5, 0.6) is 11.8 Å². The Balaban J connectivity index is 1.99. The first kappa shape index (κ1) is 14.0. The average molecular weight is 329 g/mol. The van der Waals surface area contributed by atoms with Crippen LogP contribution in [-0.2, 0) is 6.54 Å². The van der Waals surface area contributed by atoms with Crippen LogP contribution in [0.1, 0.15) is 19.0 Å². The Hall–Kier alpha value is -1.40. The molecule has 1 N–H and O–H groups in total. The van der Waals surface area contributed by atoms with Gasteiger partial charge in [-0.2, -0.15) is 4.98 Å². The lowest BCUT2D eigenvalue weighted by molar-refractivity contribution is 0.329. The first-order valence-corrected chi connectivity index (χ1v) is 6.75. The molecule has 0 radical (unpaired) electrons. The minimum absolute atomic E-state index is 0.103. The van der Waals surface area contributed by atoms with E-state index < -0.39 is 0 Å². The molecule has 0 atom stereocenters. The molecule has 1 aromatic carbocycles. The molecule has 2 rings (SSSR count). The maximum absolute atomic E-state index is 13.2. The Morgan fingerprint density at radius 3 is 3.00 bits per heavy atom. The molecular formula is C13H14BrFN2O2. The van der Waals surface area contributed by atoms with Gasteiger partial charge in [0.25, 0.3) is 0 Å². The number of nitrogens with one attached hydrogen (secondary N) is 1. The third-order valence-electron chi connectivity index (χ3n) is 2.30. The van der Waals surface area contributed by atoms with Crippen LogP contribution >= 0.6 is 15.9 Å². The molecule has 0 aliphatic carbocycles. The molecule has 19 heavy (non-hydrogen) atoms. The van der Waals surface area contributed by atoms with E-state index in [-0.39, 0.29) is 11.9 Å². The van der Waals surface area contributed by atoms with Crippen molar-refractivity contribution in [3.8, 4) is 11.8 Å². The summed E-state index contributed by atoms with van der Waals surface area (Å²) in [5.41, 5.74) is 0.749. The highest BCUT2D eigenvalue weighted by molar-refractivity contribution is 9.10. The summed E-state index contributed by atoms with van der Waals surface area (Å²) in [7, 11) is 0. The lowest BCUT2D eigenvalue weighted by atomic mass is 10.3. The smallest absolute Gasteiger partial charge is 0.399 e. The molecule has 6 heteroatoms. The van der Waals surface area contributed by atoms with E-state index in [0.717, 1.165) is 18.7 Å². The van der Waals surface area contributed by atoms with Gasteiger partial charge in [-0.1, -0.05) is 22.9 Å². The highest BCUT2D eigenvalue weighted by atomic mass is 79.9. The molecule has 0 bridgehead atoms. The summed E-state index contributed by atoms with van der Waals surface area (Å²) in [6, 6.07) is 4.26. The molecule has 2 aromatic rings. The van der Waals surface area contributed by atoms with Crippen LogP contribution in [0, 0.1) is 5.82 Å². The van der Waals surface area contributed by atoms with Gasteiger partial charge in [0.2, 0.25) is 0 Å². The molecule has 0 spiro atoms. The Morgan fingerprint density at radius 1 is 1.42 bits per heavy atom. The molecular weight excluding hydrogens is 315 g/mol. The summed E-state index contributed by atoms with van der Waals surface area (Å²) >= 11 is 3.19. The number of aromatic nitrogens is 1. The minimum atomic E-state index is -0.388. The quantitative estimate of drug-likeness (QED) is 0.818. The zero-order valence-electron chi connectivity index (χ0n) is 10.5. The van der Waals surface area contributed by atoms with Crippen LogP contribution in [0.15, 0.2) is 33.4 Å². The number of halogens is 2. The van der Waals surface area contributed by atoms with Crippen molar-refractivity contribution in [2.75, 3.05) is 6.54 Å². The van der Waals surface area contributed by atoms with Gasteiger partial charge in [0.1, 0.15) is 17.8 Å². The van der Waals surface area contributed by atoms with Crippen molar-refractivity contribution in [2.45, 2.75) is 19.9 Å². The summed E-state index contributed by atoms with van der Waals surface area (Å²) in [5.74, 6) is -0.0532. The number of hydrogen-bond donors (Lipinski definition) is 1. The molecule has 0 saturated heterocycles. The summed E-state index contributed by atoms with van der Waals surface area (Å²) in [4.78, 5) is 4.15. The topological polar surface area (TPSA) is 47.3 Å². The van der Waals surface area contributed by atoms with Crippen molar-refractivity contribution >= 4 is 15.9 Å². The molecule has 4 nitrogen and oxygen atoms in total. The lowest BCUT2D eigenvalue weighted by Crippen LogP contribution is -2.13. The highest BCUT2D eigenvalue weighted by Gasteiger charge is 2.07. The van der Waals surface area contributed by atoms with E-state index in [2.05, 4.69) is 33.2 Å². The van der Waals surface area contributed by atoms with Crippen LogP contribution in [0.3, 0.4) is 0 Å². The SMILES string of the molecule is CCCNCc1coc(Oc2cc(F)cc(Br)c2)n1. The predicted molar refractivity (Wildman–Crippen MR) is 72.7 cm³/mol. The normalized spacial score (nSPS) is 10.7. The van der Waals surface area contributed by atoms with Gasteiger partial charge in [0, 0.05) is 17.1 Å². The van der Waals surface area contributed by atoms with Crippen molar-refractivity contribution in [3.63, 3.8) is 0 Å². The molecule has 0 fully saturated rings. The maximum Gasteiger partial charge on any atom is 0.399 e. The number of rotatable bonds is 6. The van der Waals surface area contributed by atoms with E-state index >= 15 is 0 Å². The van der Waals surface area contributed by atoms with Crippen LogP contribution in [-0.4, -0.2) is 11.5 Å². The van der Waals surface area contributed by atoms with Crippen LogP contribution in [0.4, 0.5) is 4.39 Å². The lowest BCUT2D eigenvalue weighted by Gasteiger charge is -2.01. The van der Waals surface area contributed by atoms with Gasteiger partial charge in [0.05, 0.1) is 5.69 Å². The molecule has 0 aliphatic heterocycles.